The molecule has 0 aliphatic heterocycles. The van der Waals surface area contributed by atoms with Crippen LogP contribution in [0.5, 0.6) is 0 Å². The number of aromatic amines is 1. The van der Waals surface area contributed by atoms with Gasteiger partial charge in [0.05, 0.1) is 12.0 Å². The van der Waals surface area contributed by atoms with E-state index in [1.165, 1.54) is 18.4 Å². The number of amides is 1. The predicted octanol–water partition coefficient (Wildman–Crippen LogP) is 2.74. The molecule has 0 spiro atoms. The van der Waals surface area contributed by atoms with E-state index in [9.17, 15) is 9.59 Å². The van der Waals surface area contributed by atoms with Crippen molar-refractivity contribution in [2.24, 2.45) is 0 Å². The Bertz CT molecular complexity index is 823. The number of carbonyl (C=O) groups excluding carboxylic acids is 2. The normalized spacial score (nSPS) is 12.0. The maximum atomic E-state index is 12.2. The number of methoxy groups -OCH3 is 1. The molecule has 6 heteroatoms. The van der Waals surface area contributed by atoms with Gasteiger partial charge in [0.15, 0.2) is 0 Å². The highest BCUT2D eigenvalue weighted by atomic mass is 32.1. The molecular formula is C17H16N2O3S. The van der Waals surface area contributed by atoms with E-state index in [1.54, 1.807) is 12.1 Å². The average molecular weight is 328 g/mol. The molecular weight excluding hydrogens is 312 g/mol. The van der Waals surface area contributed by atoms with Crippen LogP contribution in [-0.4, -0.2) is 30.0 Å². The number of ether oxygens (including phenoxy) is 1. The Labute approximate surface area is 137 Å². The van der Waals surface area contributed by atoms with Gasteiger partial charge in [-0.3, -0.25) is 4.79 Å². The van der Waals surface area contributed by atoms with Crippen LogP contribution < -0.4 is 5.32 Å². The summed E-state index contributed by atoms with van der Waals surface area (Å²) in [5.41, 5.74) is 1.96. The lowest BCUT2D eigenvalue weighted by atomic mass is 10.0. The third-order valence-corrected chi connectivity index (χ3v) is 4.50. The summed E-state index contributed by atoms with van der Waals surface area (Å²) in [6, 6.07) is 10.6. The zero-order valence-electron chi connectivity index (χ0n) is 12.5. The molecule has 1 amide bonds. The van der Waals surface area contributed by atoms with E-state index in [4.69, 9.17) is 4.74 Å². The van der Waals surface area contributed by atoms with Crippen molar-refractivity contribution in [3.8, 4) is 0 Å². The van der Waals surface area contributed by atoms with Gasteiger partial charge in [0, 0.05) is 23.5 Å². The first-order valence-electron chi connectivity index (χ1n) is 7.16. The highest BCUT2D eigenvalue weighted by molar-refractivity contribution is 7.12. The van der Waals surface area contributed by atoms with Gasteiger partial charge in [0.25, 0.3) is 5.91 Å². The van der Waals surface area contributed by atoms with Gasteiger partial charge in [-0.1, -0.05) is 24.3 Å². The maximum Gasteiger partial charge on any atom is 0.328 e. The van der Waals surface area contributed by atoms with Crippen molar-refractivity contribution in [2.45, 2.75) is 12.5 Å². The summed E-state index contributed by atoms with van der Waals surface area (Å²) in [4.78, 5) is 28.0. The number of para-hydroxylation sites is 1. The minimum absolute atomic E-state index is 0.268. The van der Waals surface area contributed by atoms with E-state index in [1.807, 2.05) is 35.8 Å². The van der Waals surface area contributed by atoms with Crippen molar-refractivity contribution in [3.05, 3.63) is 58.4 Å². The molecule has 0 radical (unpaired) electrons. The largest absolute Gasteiger partial charge is 0.467 e. The van der Waals surface area contributed by atoms with Crippen molar-refractivity contribution in [1.82, 2.24) is 10.3 Å². The minimum atomic E-state index is -0.728. The zero-order chi connectivity index (χ0) is 16.2. The molecule has 1 atom stereocenters. The number of nitrogens with one attached hydrogen (secondary N) is 2. The van der Waals surface area contributed by atoms with Crippen LogP contribution in [0.4, 0.5) is 0 Å². The second-order valence-electron chi connectivity index (χ2n) is 5.09. The predicted molar refractivity (Wildman–Crippen MR) is 89.6 cm³/mol. The number of benzene rings is 1. The molecule has 0 bridgehead atoms. The fourth-order valence-corrected chi connectivity index (χ4v) is 3.12. The molecule has 0 fully saturated rings. The summed E-state index contributed by atoms with van der Waals surface area (Å²) in [6.45, 7) is 0. The number of carbonyl (C=O) groups is 2. The number of hydrogen-bond acceptors (Lipinski definition) is 4. The Kier molecular flexibility index (Phi) is 4.43. The van der Waals surface area contributed by atoms with E-state index in [2.05, 4.69) is 10.3 Å². The SMILES string of the molecule is COC(=O)[C@@H](Cc1c[nH]c2ccccc12)NC(=O)c1cccs1. The minimum Gasteiger partial charge on any atom is -0.467 e. The Morgan fingerprint density at radius 2 is 2.09 bits per heavy atom. The van der Waals surface area contributed by atoms with Gasteiger partial charge in [-0.05, 0) is 23.1 Å². The number of aromatic nitrogens is 1. The summed E-state index contributed by atoms with van der Waals surface area (Å²) < 4.78 is 4.83. The van der Waals surface area contributed by atoms with Gasteiger partial charge in [0.1, 0.15) is 6.04 Å². The summed E-state index contributed by atoms with van der Waals surface area (Å²) in [5.74, 6) is -0.726. The summed E-state index contributed by atoms with van der Waals surface area (Å²) in [7, 11) is 1.32. The van der Waals surface area contributed by atoms with E-state index in [-0.39, 0.29) is 5.91 Å². The molecule has 23 heavy (non-hydrogen) atoms. The fourth-order valence-electron chi connectivity index (χ4n) is 2.49. The van der Waals surface area contributed by atoms with Gasteiger partial charge in [-0.2, -0.15) is 0 Å². The second kappa shape index (κ2) is 6.66. The van der Waals surface area contributed by atoms with Crippen molar-refractivity contribution in [3.63, 3.8) is 0 Å². The molecule has 2 N–H and O–H groups in total. The van der Waals surface area contributed by atoms with E-state index >= 15 is 0 Å². The third kappa shape index (κ3) is 3.27. The Balaban J connectivity index is 1.82. The first-order valence-corrected chi connectivity index (χ1v) is 8.04. The lowest BCUT2D eigenvalue weighted by Gasteiger charge is -2.15. The van der Waals surface area contributed by atoms with Crippen molar-refractivity contribution >= 4 is 34.1 Å². The Hall–Kier alpha value is -2.60. The smallest absolute Gasteiger partial charge is 0.328 e. The molecule has 5 nitrogen and oxygen atoms in total. The topological polar surface area (TPSA) is 71.2 Å². The average Bonchev–Trinajstić information content (AvgIpc) is 3.23. The third-order valence-electron chi connectivity index (χ3n) is 3.63. The lowest BCUT2D eigenvalue weighted by molar-refractivity contribution is -0.142. The zero-order valence-corrected chi connectivity index (χ0v) is 13.4. The molecule has 0 unspecified atom stereocenters. The summed E-state index contributed by atoms with van der Waals surface area (Å²) in [5, 5.41) is 5.61. The molecule has 0 saturated heterocycles. The summed E-state index contributed by atoms with van der Waals surface area (Å²) in [6.07, 6.45) is 2.23. The van der Waals surface area contributed by atoms with Crippen LogP contribution in [0.1, 0.15) is 15.2 Å². The van der Waals surface area contributed by atoms with Gasteiger partial charge >= 0.3 is 5.97 Å². The molecule has 3 aromatic rings. The van der Waals surface area contributed by atoms with Crippen LogP contribution in [0.2, 0.25) is 0 Å². The monoisotopic (exact) mass is 328 g/mol. The number of esters is 1. The molecule has 118 valence electrons. The van der Waals surface area contributed by atoms with Gasteiger partial charge in [-0.25, -0.2) is 4.79 Å². The quantitative estimate of drug-likeness (QED) is 0.708. The van der Waals surface area contributed by atoms with Crippen LogP contribution in [0.25, 0.3) is 10.9 Å². The van der Waals surface area contributed by atoms with Crippen LogP contribution >= 0.6 is 11.3 Å². The number of thiophene rings is 1. The molecule has 2 aromatic heterocycles. The van der Waals surface area contributed by atoms with E-state index < -0.39 is 12.0 Å². The van der Waals surface area contributed by atoms with Crippen molar-refractivity contribution < 1.29 is 14.3 Å². The summed E-state index contributed by atoms with van der Waals surface area (Å²) >= 11 is 1.33. The van der Waals surface area contributed by atoms with Crippen LogP contribution in [0.3, 0.4) is 0 Å². The highest BCUT2D eigenvalue weighted by Crippen LogP contribution is 2.19. The Morgan fingerprint density at radius 1 is 1.26 bits per heavy atom. The van der Waals surface area contributed by atoms with Gasteiger partial charge in [-0.15, -0.1) is 11.3 Å². The van der Waals surface area contributed by atoms with E-state index in [0.717, 1.165) is 16.5 Å². The molecule has 0 aliphatic rings. The Morgan fingerprint density at radius 3 is 2.83 bits per heavy atom. The first kappa shape index (κ1) is 15.3. The number of hydrogen-bond donors (Lipinski definition) is 2. The lowest BCUT2D eigenvalue weighted by Crippen LogP contribution is -2.42. The maximum absolute atomic E-state index is 12.2. The number of H-pyrrole nitrogens is 1. The molecule has 2 heterocycles. The van der Waals surface area contributed by atoms with Crippen LogP contribution in [0.15, 0.2) is 48.0 Å². The van der Waals surface area contributed by atoms with Gasteiger partial charge in [0.2, 0.25) is 0 Å². The number of fused-ring (bicyclic) bond motifs is 1. The van der Waals surface area contributed by atoms with Crippen LogP contribution in [-0.2, 0) is 16.0 Å². The molecule has 3 rings (SSSR count). The highest BCUT2D eigenvalue weighted by Gasteiger charge is 2.24. The van der Waals surface area contributed by atoms with E-state index in [0.29, 0.717) is 11.3 Å². The van der Waals surface area contributed by atoms with Crippen LogP contribution in [0, 0.1) is 0 Å². The first-order chi connectivity index (χ1) is 11.2. The van der Waals surface area contributed by atoms with Crippen molar-refractivity contribution in [2.75, 3.05) is 7.11 Å². The fraction of sp³-hybridized carbons (Fsp3) is 0.176. The standard InChI is InChI=1S/C17H16N2O3S/c1-22-17(21)14(19-16(20)15-7-4-8-23-15)9-11-10-18-13-6-3-2-5-12(11)13/h2-8,10,14,18H,9H2,1H3,(H,19,20)/t14-/m1/s1. The molecule has 0 saturated carbocycles. The van der Waals surface area contributed by atoms with Crippen molar-refractivity contribution in [1.29, 1.82) is 0 Å². The number of rotatable bonds is 5. The van der Waals surface area contributed by atoms with Gasteiger partial charge < -0.3 is 15.0 Å². The molecule has 0 aliphatic carbocycles. The second-order valence-corrected chi connectivity index (χ2v) is 6.04. The molecule has 1 aromatic carbocycles.